The van der Waals surface area contributed by atoms with Crippen LogP contribution in [0.25, 0.3) is 0 Å². The lowest BCUT2D eigenvalue weighted by atomic mass is 10.1. The van der Waals surface area contributed by atoms with E-state index in [0.29, 0.717) is 24.1 Å². The van der Waals surface area contributed by atoms with Crippen LogP contribution in [0.15, 0.2) is 47.4 Å². The maximum Gasteiger partial charge on any atom is 0.328 e. The number of ketones is 1. The van der Waals surface area contributed by atoms with Gasteiger partial charge in [0.2, 0.25) is 0 Å². The largest absolute Gasteiger partial charge is 0.454 e. The summed E-state index contributed by atoms with van der Waals surface area (Å²) in [7, 11) is -4.01. The fourth-order valence-electron chi connectivity index (χ4n) is 3.98. The lowest BCUT2D eigenvalue weighted by molar-refractivity contribution is -0.149. The van der Waals surface area contributed by atoms with Gasteiger partial charge in [0, 0.05) is 5.56 Å². The minimum absolute atomic E-state index is 0.0827. The monoisotopic (exact) mass is 457 g/mol. The fourth-order valence-corrected chi connectivity index (χ4v) is 6.12. The highest BCUT2D eigenvalue weighted by Crippen LogP contribution is 2.41. The summed E-state index contributed by atoms with van der Waals surface area (Å²) < 4.78 is 30.5. The Kier molecular flexibility index (Phi) is 6.83. The van der Waals surface area contributed by atoms with Crippen LogP contribution in [0, 0.1) is 13.8 Å². The molecule has 1 N–H and O–H groups in total. The minimum Gasteiger partial charge on any atom is -0.454 e. The molecule has 0 aliphatic heterocycles. The summed E-state index contributed by atoms with van der Waals surface area (Å²) in [6, 6.07) is 11.3. The number of sulfone groups is 1. The third-order valence-corrected chi connectivity index (χ3v) is 8.48. The van der Waals surface area contributed by atoms with Crippen LogP contribution < -0.4 is 5.32 Å². The number of rotatable bonds is 7. The van der Waals surface area contributed by atoms with Crippen molar-refractivity contribution in [3.8, 4) is 0 Å². The Balaban J connectivity index is 1.78. The number of para-hydroxylation sites is 1. The van der Waals surface area contributed by atoms with Crippen molar-refractivity contribution < 1.29 is 27.5 Å². The highest BCUT2D eigenvalue weighted by Gasteiger charge is 2.54. The molecule has 1 fully saturated rings. The molecule has 0 spiro atoms. The Morgan fingerprint density at radius 3 is 2.28 bits per heavy atom. The molecule has 1 aliphatic rings. The quantitative estimate of drug-likeness (QED) is 0.501. The van der Waals surface area contributed by atoms with Crippen LogP contribution >= 0.6 is 0 Å². The van der Waals surface area contributed by atoms with Crippen LogP contribution in [-0.4, -0.2) is 37.4 Å². The van der Waals surface area contributed by atoms with Crippen molar-refractivity contribution in [1.82, 2.24) is 0 Å². The summed E-state index contributed by atoms with van der Waals surface area (Å²) in [5.41, 5.74) is 2.40. The average molecular weight is 458 g/mol. The molecule has 0 aromatic heterocycles. The van der Waals surface area contributed by atoms with Gasteiger partial charge < -0.3 is 10.1 Å². The fraction of sp³-hybridized carbons (Fsp3) is 0.375. The number of Topliss-reactive ketones (excluding diaryl/α,β-unsaturated/α-hetero) is 1. The SMILES string of the molecule is CC(=O)c1ccccc1NC(=O)COC(=O)C1(S(=O)(=O)c2ccc(C)c(C)c2)CCCC1. The lowest BCUT2D eigenvalue weighted by Gasteiger charge is -2.26. The lowest BCUT2D eigenvalue weighted by Crippen LogP contribution is -2.46. The number of carbonyl (C=O) groups is 3. The van der Waals surface area contributed by atoms with E-state index in [0.717, 1.165) is 11.1 Å². The number of aryl methyl sites for hydroxylation is 2. The number of amides is 1. The van der Waals surface area contributed by atoms with Gasteiger partial charge in [0.25, 0.3) is 5.91 Å². The third-order valence-electron chi connectivity index (χ3n) is 6.00. The number of hydrogen-bond donors (Lipinski definition) is 1. The Morgan fingerprint density at radius 1 is 1.00 bits per heavy atom. The molecule has 3 rings (SSSR count). The van der Waals surface area contributed by atoms with Crippen molar-refractivity contribution in [3.05, 3.63) is 59.2 Å². The van der Waals surface area contributed by atoms with Crippen molar-refractivity contribution in [2.24, 2.45) is 0 Å². The zero-order valence-electron chi connectivity index (χ0n) is 18.4. The molecule has 0 radical (unpaired) electrons. The van der Waals surface area contributed by atoms with Crippen molar-refractivity contribution in [1.29, 1.82) is 0 Å². The predicted octanol–water partition coefficient (Wildman–Crippen LogP) is 3.77. The van der Waals surface area contributed by atoms with E-state index in [1.165, 1.54) is 13.0 Å². The number of esters is 1. The van der Waals surface area contributed by atoms with Gasteiger partial charge in [-0.1, -0.05) is 31.0 Å². The number of carbonyl (C=O) groups excluding carboxylic acids is 3. The molecule has 1 amide bonds. The van der Waals surface area contributed by atoms with E-state index in [1.54, 1.807) is 36.4 Å². The van der Waals surface area contributed by atoms with Crippen molar-refractivity contribution in [2.75, 3.05) is 11.9 Å². The zero-order chi connectivity index (χ0) is 23.5. The first kappa shape index (κ1) is 23.7. The molecule has 1 aliphatic carbocycles. The van der Waals surface area contributed by atoms with Gasteiger partial charge in [0.1, 0.15) is 0 Å². The summed E-state index contributed by atoms with van der Waals surface area (Å²) in [6.45, 7) is 4.44. The Morgan fingerprint density at radius 2 is 1.66 bits per heavy atom. The highest BCUT2D eigenvalue weighted by molar-refractivity contribution is 7.93. The molecule has 7 nitrogen and oxygen atoms in total. The summed E-state index contributed by atoms with van der Waals surface area (Å²) in [4.78, 5) is 37.2. The molecule has 0 atom stereocenters. The Bertz CT molecular complexity index is 1160. The normalized spacial score (nSPS) is 15.2. The van der Waals surface area contributed by atoms with E-state index in [4.69, 9.17) is 4.74 Å². The summed E-state index contributed by atoms with van der Waals surface area (Å²) in [5.74, 6) is -1.78. The molecule has 1 saturated carbocycles. The molecule has 0 saturated heterocycles. The van der Waals surface area contributed by atoms with E-state index >= 15 is 0 Å². The van der Waals surface area contributed by atoms with Gasteiger partial charge >= 0.3 is 5.97 Å². The predicted molar refractivity (Wildman–Crippen MR) is 120 cm³/mol. The topological polar surface area (TPSA) is 107 Å². The summed E-state index contributed by atoms with van der Waals surface area (Å²) in [5, 5.41) is 2.55. The molecule has 2 aromatic carbocycles. The highest BCUT2D eigenvalue weighted by atomic mass is 32.2. The number of ether oxygens (including phenoxy) is 1. The van der Waals surface area contributed by atoms with Gasteiger partial charge in [-0.15, -0.1) is 0 Å². The smallest absolute Gasteiger partial charge is 0.328 e. The van der Waals surface area contributed by atoms with E-state index in [-0.39, 0.29) is 23.5 Å². The van der Waals surface area contributed by atoms with Crippen LogP contribution in [0.4, 0.5) is 5.69 Å². The van der Waals surface area contributed by atoms with Crippen LogP contribution in [0.3, 0.4) is 0 Å². The van der Waals surface area contributed by atoms with E-state index in [9.17, 15) is 22.8 Å². The molecule has 0 heterocycles. The second-order valence-electron chi connectivity index (χ2n) is 8.18. The molecule has 8 heteroatoms. The van der Waals surface area contributed by atoms with Gasteiger partial charge in [0.05, 0.1) is 10.6 Å². The first-order chi connectivity index (χ1) is 15.1. The average Bonchev–Trinajstić information content (AvgIpc) is 3.26. The van der Waals surface area contributed by atoms with Gasteiger partial charge in [0.15, 0.2) is 27.0 Å². The minimum atomic E-state index is -4.01. The van der Waals surface area contributed by atoms with E-state index < -0.39 is 33.1 Å². The van der Waals surface area contributed by atoms with Crippen LogP contribution in [0.1, 0.15) is 54.1 Å². The van der Waals surface area contributed by atoms with Gasteiger partial charge in [-0.05, 0) is 69.0 Å². The molecular weight excluding hydrogens is 430 g/mol. The first-order valence-electron chi connectivity index (χ1n) is 10.5. The molecular formula is C24H27NO6S. The van der Waals surface area contributed by atoms with Gasteiger partial charge in [-0.2, -0.15) is 0 Å². The number of anilines is 1. The van der Waals surface area contributed by atoms with Crippen LogP contribution in [-0.2, 0) is 24.2 Å². The number of benzene rings is 2. The van der Waals surface area contributed by atoms with Gasteiger partial charge in [-0.25, -0.2) is 8.42 Å². The van der Waals surface area contributed by atoms with Gasteiger partial charge in [-0.3, -0.25) is 14.4 Å². The molecule has 32 heavy (non-hydrogen) atoms. The molecule has 2 aromatic rings. The summed E-state index contributed by atoms with van der Waals surface area (Å²) in [6.07, 6.45) is 1.46. The van der Waals surface area contributed by atoms with Crippen LogP contribution in [0.5, 0.6) is 0 Å². The second kappa shape index (κ2) is 9.24. The van der Waals surface area contributed by atoms with E-state index in [1.807, 2.05) is 13.8 Å². The second-order valence-corrected chi connectivity index (χ2v) is 10.4. The third kappa shape index (κ3) is 4.46. The Labute approximate surface area is 188 Å². The maximum absolute atomic E-state index is 13.5. The summed E-state index contributed by atoms with van der Waals surface area (Å²) >= 11 is 0. The molecule has 170 valence electrons. The van der Waals surface area contributed by atoms with Crippen molar-refractivity contribution >= 4 is 33.2 Å². The molecule has 0 bridgehead atoms. The number of nitrogens with one attached hydrogen (secondary N) is 1. The molecule has 0 unspecified atom stereocenters. The first-order valence-corrected chi connectivity index (χ1v) is 12.0. The van der Waals surface area contributed by atoms with E-state index in [2.05, 4.69) is 5.32 Å². The zero-order valence-corrected chi connectivity index (χ0v) is 19.3. The maximum atomic E-state index is 13.5. The van der Waals surface area contributed by atoms with Crippen LogP contribution in [0.2, 0.25) is 0 Å². The van der Waals surface area contributed by atoms with Crippen molar-refractivity contribution in [2.45, 2.75) is 56.1 Å². The standard InChI is InChI=1S/C24H27NO6S/c1-16-10-11-19(14-17(16)2)32(29,30)24(12-6-7-13-24)23(28)31-15-22(27)25-21-9-5-4-8-20(21)18(3)26/h4-5,8-11,14H,6-7,12-13,15H2,1-3H3,(H,25,27). The Hall–Kier alpha value is -3.00. The van der Waals surface area contributed by atoms with Crippen molar-refractivity contribution in [3.63, 3.8) is 0 Å². The number of hydrogen-bond acceptors (Lipinski definition) is 6.